The predicted octanol–water partition coefficient (Wildman–Crippen LogP) is 18.7. The van der Waals surface area contributed by atoms with Crippen LogP contribution in [0.2, 0.25) is 12.6 Å². The summed E-state index contributed by atoms with van der Waals surface area (Å²) in [7, 11) is 11.0. The van der Waals surface area contributed by atoms with Gasteiger partial charge in [0.1, 0.15) is 0 Å². The van der Waals surface area contributed by atoms with Crippen molar-refractivity contribution in [3.05, 3.63) is 157 Å². The summed E-state index contributed by atoms with van der Waals surface area (Å²) in [6, 6.07) is 55.7. The third-order valence-electron chi connectivity index (χ3n) is 13.2. The molecule has 0 unspecified atom stereocenters. The van der Waals surface area contributed by atoms with E-state index in [9.17, 15) is 0 Å². The first-order valence-corrected chi connectivity index (χ1v) is 31.6. The second-order valence-corrected chi connectivity index (χ2v) is 22.7. The van der Waals surface area contributed by atoms with Crippen LogP contribution in [0.5, 0.6) is 0 Å². The van der Waals surface area contributed by atoms with Gasteiger partial charge in [-0.1, -0.05) is 199 Å². The molecule has 2 saturated carbocycles. The largest absolute Gasteiger partial charge is 0.164 e. The molecule has 0 bridgehead atoms. The number of rotatable bonds is 8. The van der Waals surface area contributed by atoms with Crippen molar-refractivity contribution in [1.29, 1.82) is 0 Å². The maximum absolute atomic E-state index is 4.93. The summed E-state index contributed by atoms with van der Waals surface area (Å²) in [5.74, 6) is 1.77. The quantitative estimate of drug-likeness (QED) is 0.0809. The number of hydrogen-bond donors (Lipinski definition) is 0. The Labute approximate surface area is 394 Å². The van der Waals surface area contributed by atoms with E-state index in [2.05, 4.69) is 159 Å². The van der Waals surface area contributed by atoms with Gasteiger partial charge in [0.2, 0.25) is 0 Å². The Balaban J connectivity index is 0.000000159. The van der Waals surface area contributed by atoms with Crippen molar-refractivity contribution in [3.63, 3.8) is 0 Å². The molecule has 0 N–H and O–H groups in total. The SMILES string of the molecule is CCC[Si]C.[Cl][Zr+2][Cl].c1ccc2cc(-c3cccc4[cH-]c(CC5CCCCCC5)cc34)ccc2c1.c1ccc2cc(-c3cccc4[cH-]c(CC5CCCCCC5)cc34)ccc2c1. The maximum atomic E-state index is 4.93. The van der Waals surface area contributed by atoms with Crippen LogP contribution in [0, 0.1) is 11.8 Å². The Kier molecular flexibility index (Phi) is 18.6. The van der Waals surface area contributed by atoms with Crippen molar-refractivity contribution >= 4 is 69.6 Å². The first-order chi connectivity index (χ1) is 30.6. The van der Waals surface area contributed by atoms with Gasteiger partial charge in [-0.05, 0) is 69.5 Å². The average Bonchev–Trinajstić information content (AvgIpc) is 3.69. The third kappa shape index (κ3) is 12.9. The van der Waals surface area contributed by atoms with Crippen LogP contribution in [0.1, 0.15) is 102 Å². The number of halogens is 2. The van der Waals surface area contributed by atoms with Crippen LogP contribution in [0.15, 0.2) is 146 Å². The molecule has 62 heavy (non-hydrogen) atoms. The molecule has 0 aromatic heterocycles. The molecular weight excluding hydrogens is 887 g/mol. The Morgan fingerprint density at radius 2 is 0.903 bits per heavy atom. The van der Waals surface area contributed by atoms with E-state index < -0.39 is 20.8 Å². The van der Waals surface area contributed by atoms with Crippen LogP contribution < -0.4 is 0 Å². The van der Waals surface area contributed by atoms with Crippen LogP contribution in [-0.4, -0.2) is 9.52 Å². The fourth-order valence-corrected chi connectivity index (χ4v) is 10.6. The molecular formula is C58H64Cl2SiZr. The molecule has 2 radical (unpaired) electrons. The van der Waals surface area contributed by atoms with Crippen molar-refractivity contribution in [2.24, 2.45) is 11.8 Å². The maximum Gasteiger partial charge on any atom is -0.0178 e. The molecule has 0 amide bonds. The summed E-state index contributed by atoms with van der Waals surface area (Å²) in [5, 5.41) is 10.9. The van der Waals surface area contributed by atoms with E-state index in [4.69, 9.17) is 17.0 Å². The minimum Gasteiger partial charge on any atom is -0.164 e. The van der Waals surface area contributed by atoms with Gasteiger partial charge in [0.25, 0.3) is 0 Å². The summed E-state index contributed by atoms with van der Waals surface area (Å²) in [6.45, 7) is 4.46. The van der Waals surface area contributed by atoms with Crippen molar-refractivity contribution in [2.75, 3.05) is 0 Å². The van der Waals surface area contributed by atoms with Crippen LogP contribution in [0.25, 0.3) is 65.3 Å². The molecule has 8 aromatic rings. The standard InChI is InChI=1S/2C27H27.C4H10Si.2ClH.Zr/c2*1-2-4-9-20(8-3-1)16-21-17-24-12-7-13-26(27(24)18-21)25-15-14-22-10-5-6-11-23(22)19-25;1-3-4-5-2;;;/h2*5-7,10-15,17-20H,1-4,8-9,16H2;3-4H2,1-2H3;2*1H;/q2*-1;;;;+4/p-2. The molecule has 0 spiro atoms. The number of fused-ring (bicyclic) bond motifs is 4. The van der Waals surface area contributed by atoms with Gasteiger partial charge in [-0.2, -0.15) is 12.1 Å². The molecule has 4 heteroatoms. The molecule has 8 aromatic carbocycles. The fraction of sp³-hybridized carbons (Fsp3) is 0.345. The van der Waals surface area contributed by atoms with Gasteiger partial charge >= 0.3 is 37.9 Å². The summed E-state index contributed by atoms with van der Waals surface area (Å²) in [6.07, 6.45) is 21.0. The summed E-state index contributed by atoms with van der Waals surface area (Å²) < 4.78 is 0. The molecule has 2 aliphatic carbocycles. The molecule has 0 nitrogen and oxygen atoms in total. The summed E-state index contributed by atoms with van der Waals surface area (Å²) in [5.41, 5.74) is 8.45. The first kappa shape index (κ1) is 46.7. The van der Waals surface area contributed by atoms with E-state index in [0.29, 0.717) is 0 Å². The minimum atomic E-state index is -0.826. The van der Waals surface area contributed by atoms with Gasteiger partial charge in [0.05, 0.1) is 0 Å². The Morgan fingerprint density at radius 3 is 1.27 bits per heavy atom. The molecule has 0 saturated heterocycles. The van der Waals surface area contributed by atoms with Crippen LogP contribution in [0.3, 0.4) is 0 Å². The van der Waals surface area contributed by atoms with Gasteiger partial charge in [0, 0.05) is 9.52 Å². The Morgan fingerprint density at radius 1 is 0.500 bits per heavy atom. The number of hydrogen-bond acceptors (Lipinski definition) is 0. The van der Waals surface area contributed by atoms with E-state index in [1.165, 1.54) is 179 Å². The molecule has 0 atom stereocenters. The van der Waals surface area contributed by atoms with E-state index >= 15 is 0 Å². The van der Waals surface area contributed by atoms with E-state index in [1.807, 2.05) is 0 Å². The zero-order chi connectivity index (χ0) is 42.9. The second-order valence-electron chi connectivity index (χ2n) is 17.8. The van der Waals surface area contributed by atoms with Gasteiger partial charge in [-0.3, -0.25) is 0 Å². The van der Waals surface area contributed by atoms with E-state index in [1.54, 1.807) is 0 Å². The third-order valence-corrected chi connectivity index (χ3v) is 14.2. The van der Waals surface area contributed by atoms with Gasteiger partial charge in [-0.25, -0.2) is 0 Å². The molecule has 10 rings (SSSR count). The van der Waals surface area contributed by atoms with E-state index in [0.717, 1.165) is 21.4 Å². The minimum absolute atomic E-state index is 0.826. The topological polar surface area (TPSA) is 0 Å². The van der Waals surface area contributed by atoms with Crippen molar-refractivity contribution in [1.82, 2.24) is 0 Å². The van der Waals surface area contributed by atoms with Crippen LogP contribution in [-0.2, 0) is 33.7 Å². The number of benzene rings is 6. The van der Waals surface area contributed by atoms with Crippen molar-refractivity contribution in [3.8, 4) is 22.3 Å². The summed E-state index contributed by atoms with van der Waals surface area (Å²) >= 11 is -0.826. The zero-order valence-electron chi connectivity index (χ0n) is 37.1. The van der Waals surface area contributed by atoms with E-state index in [-0.39, 0.29) is 0 Å². The van der Waals surface area contributed by atoms with Gasteiger partial charge in [-0.15, -0.1) is 69.1 Å². The first-order valence-electron chi connectivity index (χ1n) is 23.5. The van der Waals surface area contributed by atoms with Gasteiger partial charge in [0.15, 0.2) is 0 Å². The van der Waals surface area contributed by atoms with Crippen molar-refractivity contribution < 1.29 is 20.8 Å². The molecule has 2 aliphatic rings. The van der Waals surface area contributed by atoms with Crippen molar-refractivity contribution in [2.45, 2.75) is 116 Å². The van der Waals surface area contributed by atoms with Gasteiger partial charge < -0.3 is 0 Å². The smallest absolute Gasteiger partial charge is 0.0178 e. The predicted molar refractivity (Wildman–Crippen MR) is 273 cm³/mol. The second kappa shape index (κ2) is 24.7. The Hall–Kier alpha value is -3.26. The average molecular weight is 951 g/mol. The molecule has 0 heterocycles. The molecule has 318 valence electrons. The van der Waals surface area contributed by atoms with Crippen LogP contribution >= 0.6 is 17.0 Å². The molecule has 0 aliphatic heterocycles. The monoisotopic (exact) mass is 948 g/mol. The fourth-order valence-electron chi connectivity index (χ4n) is 10.1. The van der Waals surface area contributed by atoms with Crippen LogP contribution in [0.4, 0.5) is 0 Å². The Bertz CT molecular complexity index is 2390. The normalized spacial score (nSPS) is 14.8. The molecule has 2 fully saturated rings. The zero-order valence-corrected chi connectivity index (χ0v) is 42.1. The summed E-state index contributed by atoms with van der Waals surface area (Å²) in [4.78, 5) is 0.